The summed E-state index contributed by atoms with van der Waals surface area (Å²) in [5.41, 5.74) is 12.7. The molecule has 0 amide bonds. The summed E-state index contributed by atoms with van der Waals surface area (Å²) in [7, 11) is -0.999. The second-order valence-corrected chi connectivity index (χ2v) is 27.8. The van der Waals surface area contributed by atoms with Gasteiger partial charge in [-0.05, 0) is 48.6 Å². The molecule has 0 radical (unpaired) electrons. The van der Waals surface area contributed by atoms with Gasteiger partial charge in [0.1, 0.15) is 16.8 Å². The number of imidazole rings is 1. The molecule has 8 aromatic rings. The number of benzene rings is 5. The molecule has 0 aliphatic heterocycles. The fourth-order valence-corrected chi connectivity index (χ4v) is 10.5. The zero-order valence-electron chi connectivity index (χ0n) is 33.4. The molecule has 0 atom stereocenters. The third kappa shape index (κ3) is 5.71. The fraction of sp³-hybridized carbons (Fsp3) is 0.304. The first-order valence-electron chi connectivity index (χ1n) is 19.1. The molecule has 7 heteroatoms. The van der Waals surface area contributed by atoms with Crippen molar-refractivity contribution in [2.24, 2.45) is 7.05 Å². The van der Waals surface area contributed by atoms with Crippen LogP contribution in [0, 0.1) is 6.92 Å². The summed E-state index contributed by atoms with van der Waals surface area (Å²) >= 11 is 0. The molecule has 0 fully saturated rings. The lowest BCUT2D eigenvalue weighted by atomic mass is 9.92. The van der Waals surface area contributed by atoms with Gasteiger partial charge >= 0.3 is 0 Å². The van der Waals surface area contributed by atoms with Crippen molar-refractivity contribution in [1.82, 2.24) is 9.55 Å². The Morgan fingerprint density at radius 1 is 0.660 bits per heavy atom. The number of hydrogen-bond donors (Lipinski definition) is 0. The first-order chi connectivity index (χ1) is 25.0. The van der Waals surface area contributed by atoms with Crippen molar-refractivity contribution in [2.45, 2.75) is 85.7 Å². The summed E-state index contributed by atoms with van der Waals surface area (Å²) in [5.74, 6) is 2.43. The van der Waals surface area contributed by atoms with E-state index in [1.807, 2.05) is 0 Å². The lowest BCUT2D eigenvalue weighted by molar-refractivity contribution is -0.633. The number of fused-ring (bicyclic) bond motifs is 6. The second kappa shape index (κ2) is 12.4. The second-order valence-electron chi connectivity index (χ2n) is 17.6. The predicted octanol–water partition coefficient (Wildman–Crippen LogP) is 11.5. The summed E-state index contributed by atoms with van der Waals surface area (Å²) in [4.78, 5) is 5.09. The van der Waals surface area contributed by atoms with Crippen LogP contribution in [-0.4, -0.2) is 25.7 Å². The Bertz CT molecular complexity index is 2670. The highest BCUT2D eigenvalue weighted by atomic mass is 28.3. The normalized spacial score (nSPS) is 12.9. The molecule has 0 spiro atoms. The molecule has 5 nitrogen and oxygen atoms in total. The molecule has 0 saturated carbocycles. The third-order valence-electron chi connectivity index (χ3n) is 11.1. The van der Waals surface area contributed by atoms with E-state index in [9.17, 15) is 0 Å². The maximum atomic E-state index is 7.09. The van der Waals surface area contributed by atoms with Gasteiger partial charge in [0.25, 0.3) is 5.82 Å². The van der Waals surface area contributed by atoms with Crippen LogP contribution >= 0.6 is 0 Å². The van der Waals surface area contributed by atoms with Gasteiger partial charge in [-0.3, -0.25) is 0 Å². The monoisotopic (exact) mass is 734 g/mol. The van der Waals surface area contributed by atoms with Gasteiger partial charge in [0.2, 0.25) is 5.89 Å². The molecule has 3 heterocycles. The van der Waals surface area contributed by atoms with Crippen molar-refractivity contribution in [2.75, 3.05) is 0 Å². The van der Waals surface area contributed by atoms with Gasteiger partial charge in [-0.1, -0.05) is 138 Å². The first kappa shape index (κ1) is 35.3. The number of aryl methyl sites for hydroxylation is 2. The highest BCUT2D eigenvalue weighted by molar-refractivity contribution is 6.91. The Morgan fingerprint density at radius 2 is 1.26 bits per heavy atom. The molecular weight excluding hydrogens is 683 g/mol. The maximum Gasteiger partial charge on any atom is 0.299 e. The standard InChI is InChI=1S/C46H52N3O2Si2/c1-27(2)33-16-15-17-34(28(3)4)41(33)49-39-19-14-13-18-38(39)48(6)46(49)40-29(5)20-21-35-36-22-23-37-44(43(36)50-42(35)40)51-45(47-37)30-24-31(52(7,8)9)26-32(25-30)53(10,11)12/h13-28H,1-12H3/q+1. The van der Waals surface area contributed by atoms with Gasteiger partial charge < -0.3 is 8.83 Å². The molecule has 53 heavy (non-hydrogen) atoms. The van der Waals surface area contributed by atoms with E-state index in [1.165, 1.54) is 38.2 Å². The van der Waals surface area contributed by atoms with Gasteiger partial charge in [0.15, 0.2) is 27.8 Å². The molecule has 0 aliphatic carbocycles. The maximum absolute atomic E-state index is 7.09. The number of hydrogen-bond acceptors (Lipinski definition) is 3. The molecule has 0 saturated heterocycles. The third-order valence-corrected chi connectivity index (χ3v) is 15.1. The van der Waals surface area contributed by atoms with Crippen molar-refractivity contribution < 1.29 is 13.4 Å². The summed E-state index contributed by atoms with van der Waals surface area (Å²) in [6, 6.07) is 31.3. The Morgan fingerprint density at radius 3 is 1.89 bits per heavy atom. The molecule has 0 unspecified atom stereocenters. The van der Waals surface area contributed by atoms with E-state index in [4.69, 9.17) is 13.8 Å². The van der Waals surface area contributed by atoms with Crippen LogP contribution < -0.4 is 14.9 Å². The van der Waals surface area contributed by atoms with Crippen LogP contribution in [0.2, 0.25) is 39.3 Å². The van der Waals surface area contributed by atoms with E-state index in [0.29, 0.717) is 23.3 Å². The largest absolute Gasteiger partial charge is 0.451 e. The van der Waals surface area contributed by atoms with Gasteiger partial charge in [0, 0.05) is 27.5 Å². The predicted molar refractivity (Wildman–Crippen MR) is 229 cm³/mol. The zero-order valence-corrected chi connectivity index (χ0v) is 35.4. The van der Waals surface area contributed by atoms with Crippen molar-refractivity contribution in [3.8, 4) is 28.5 Å². The van der Waals surface area contributed by atoms with E-state index in [-0.39, 0.29) is 0 Å². The van der Waals surface area contributed by atoms with E-state index >= 15 is 0 Å². The van der Waals surface area contributed by atoms with Crippen LogP contribution in [0.4, 0.5) is 0 Å². The lowest BCUT2D eigenvalue weighted by Crippen LogP contribution is -2.45. The number of para-hydroxylation sites is 3. The van der Waals surface area contributed by atoms with Crippen molar-refractivity contribution in [1.29, 1.82) is 0 Å². The Balaban J connectivity index is 1.42. The van der Waals surface area contributed by atoms with Gasteiger partial charge in [-0.15, -0.1) is 0 Å². The van der Waals surface area contributed by atoms with Crippen LogP contribution in [0.15, 0.2) is 93.8 Å². The number of furan rings is 1. The van der Waals surface area contributed by atoms with E-state index in [1.54, 1.807) is 0 Å². The highest BCUT2D eigenvalue weighted by Crippen LogP contribution is 2.43. The molecule has 270 valence electrons. The van der Waals surface area contributed by atoms with Crippen molar-refractivity contribution in [3.05, 3.63) is 102 Å². The zero-order chi connectivity index (χ0) is 37.7. The number of nitrogens with zero attached hydrogens (tertiary/aromatic N) is 3. The van der Waals surface area contributed by atoms with E-state index < -0.39 is 16.1 Å². The summed E-state index contributed by atoms with van der Waals surface area (Å²) in [5, 5.41) is 4.98. The van der Waals surface area contributed by atoms with Crippen LogP contribution in [0.1, 0.15) is 56.2 Å². The molecule has 8 rings (SSSR count). The number of oxazole rings is 1. The molecule has 3 aromatic heterocycles. The smallest absolute Gasteiger partial charge is 0.299 e. The van der Waals surface area contributed by atoms with Gasteiger partial charge in [0.05, 0.1) is 23.2 Å². The van der Waals surface area contributed by atoms with Crippen LogP contribution in [0.3, 0.4) is 0 Å². The molecule has 0 bridgehead atoms. The average molecular weight is 735 g/mol. The van der Waals surface area contributed by atoms with E-state index in [2.05, 4.69) is 175 Å². The first-order valence-corrected chi connectivity index (χ1v) is 26.1. The SMILES string of the molecule is Cc1ccc2c(oc3c2ccc2nc(-c4cc([Si](C)(C)C)cc([Si](C)(C)C)c4)oc23)c1-c1n(-c2c(C(C)C)cccc2C(C)C)c2ccccc2[n+]1C. The minimum absolute atomic E-state index is 0.341. The number of rotatable bonds is 7. The van der Waals surface area contributed by atoms with Gasteiger partial charge in [-0.2, -0.15) is 4.57 Å². The van der Waals surface area contributed by atoms with Crippen molar-refractivity contribution >= 4 is 70.6 Å². The molecule has 5 aromatic carbocycles. The quantitative estimate of drug-likeness (QED) is 0.121. The molecular formula is C46H52N3O2Si2+. The highest BCUT2D eigenvalue weighted by Gasteiger charge is 2.34. The molecule has 0 aliphatic rings. The lowest BCUT2D eigenvalue weighted by Gasteiger charge is -2.23. The Hall–Kier alpha value is -4.73. The summed E-state index contributed by atoms with van der Waals surface area (Å²) < 4.78 is 18.7. The van der Waals surface area contributed by atoms with Crippen molar-refractivity contribution in [3.63, 3.8) is 0 Å². The van der Waals surface area contributed by atoms with Gasteiger partial charge in [-0.25, -0.2) is 9.55 Å². The minimum atomic E-state index is -1.59. The Labute approximate surface area is 315 Å². The summed E-state index contributed by atoms with van der Waals surface area (Å²) in [6.45, 7) is 25.8. The average Bonchev–Trinajstić information content (AvgIpc) is 3.79. The topological polar surface area (TPSA) is 48.0 Å². The van der Waals surface area contributed by atoms with Crippen LogP contribution in [-0.2, 0) is 7.05 Å². The number of aromatic nitrogens is 3. The van der Waals surface area contributed by atoms with E-state index in [0.717, 1.165) is 50.0 Å². The summed E-state index contributed by atoms with van der Waals surface area (Å²) in [6.07, 6.45) is 0. The minimum Gasteiger partial charge on any atom is -0.451 e. The fourth-order valence-electron chi connectivity index (χ4n) is 7.99. The molecule has 0 N–H and O–H groups in total. The Kier molecular flexibility index (Phi) is 8.28. The van der Waals surface area contributed by atoms with Crippen LogP contribution in [0.5, 0.6) is 0 Å². The van der Waals surface area contributed by atoms with Crippen LogP contribution in [0.25, 0.3) is 72.6 Å².